The molecule has 0 aromatic rings. The summed E-state index contributed by atoms with van der Waals surface area (Å²) in [7, 11) is 0. The first-order valence-corrected chi connectivity index (χ1v) is 6.25. The molecule has 2 heterocycles. The van der Waals surface area contributed by atoms with E-state index in [0.29, 0.717) is 0 Å². The molecule has 0 aromatic heterocycles. The molecular formula is C11H18ClNO2. The van der Waals surface area contributed by atoms with Crippen LogP contribution in [0.3, 0.4) is 0 Å². The molecule has 0 aliphatic carbocycles. The Bertz CT molecular complexity index is 229. The predicted molar refractivity (Wildman–Crippen MR) is 59.0 cm³/mol. The summed E-state index contributed by atoms with van der Waals surface area (Å²) in [6.45, 7) is 2.39. The average molecular weight is 232 g/mol. The van der Waals surface area contributed by atoms with Gasteiger partial charge in [0.15, 0.2) is 0 Å². The fraction of sp³-hybridized carbons (Fsp3) is 0.909. The second-order valence-corrected chi connectivity index (χ2v) is 4.97. The predicted octanol–water partition coefficient (Wildman–Crippen LogP) is 1.79. The van der Waals surface area contributed by atoms with E-state index in [-0.39, 0.29) is 17.4 Å². The summed E-state index contributed by atoms with van der Waals surface area (Å²) in [4.78, 5) is 13.9. The van der Waals surface area contributed by atoms with Crippen LogP contribution in [0.5, 0.6) is 0 Å². The van der Waals surface area contributed by atoms with E-state index in [2.05, 4.69) is 0 Å². The molecule has 2 fully saturated rings. The smallest absolute Gasteiger partial charge is 0.251 e. The molecule has 2 rings (SSSR count). The number of amides is 1. The third kappa shape index (κ3) is 2.85. The first-order chi connectivity index (χ1) is 7.27. The van der Waals surface area contributed by atoms with Crippen LogP contribution in [0.25, 0.3) is 0 Å². The molecule has 86 valence electrons. The van der Waals surface area contributed by atoms with Gasteiger partial charge in [0.2, 0.25) is 0 Å². The molecule has 4 heteroatoms. The Kier molecular flexibility index (Phi) is 3.87. The van der Waals surface area contributed by atoms with Crippen molar-refractivity contribution >= 4 is 17.5 Å². The van der Waals surface area contributed by atoms with Crippen LogP contribution in [0, 0.1) is 0 Å². The van der Waals surface area contributed by atoms with Crippen molar-refractivity contribution in [2.45, 2.75) is 43.6 Å². The van der Waals surface area contributed by atoms with Gasteiger partial charge < -0.3 is 9.64 Å². The van der Waals surface area contributed by atoms with Crippen molar-refractivity contribution in [1.82, 2.24) is 4.90 Å². The van der Waals surface area contributed by atoms with Crippen LogP contribution in [-0.2, 0) is 9.53 Å². The van der Waals surface area contributed by atoms with Crippen LogP contribution in [-0.4, -0.2) is 42.0 Å². The fourth-order valence-electron chi connectivity index (χ4n) is 2.25. The number of alkyl halides is 1. The average Bonchev–Trinajstić information content (AvgIpc) is 2.67. The van der Waals surface area contributed by atoms with Gasteiger partial charge in [-0.3, -0.25) is 4.79 Å². The van der Waals surface area contributed by atoms with E-state index < -0.39 is 0 Å². The quantitative estimate of drug-likeness (QED) is 0.644. The number of rotatable bonds is 1. The third-order valence-corrected chi connectivity index (χ3v) is 3.61. The highest BCUT2D eigenvalue weighted by Crippen LogP contribution is 2.20. The fourth-order valence-corrected chi connectivity index (χ4v) is 2.50. The third-order valence-electron chi connectivity index (χ3n) is 3.17. The normalized spacial score (nSPS) is 32.7. The summed E-state index contributed by atoms with van der Waals surface area (Å²) in [6, 6.07) is 0. The number of likely N-dealkylation sites (tertiary alicyclic amines) is 1. The number of carbonyl (C=O) groups excluding carboxylic acids is 1. The Morgan fingerprint density at radius 2 is 2.07 bits per heavy atom. The Morgan fingerprint density at radius 1 is 1.20 bits per heavy atom. The van der Waals surface area contributed by atoms with Crippen molar-refractivity contribution in [3.8, 4) is 0 Å². The molecule has 15 heavy (non-hydrogen) atoms. The van der Waals surface area contributed by atoms with Crippen LogP contribution < -0.4 is 0 Å². The molecule has 2 aliphatic heterocycles. The molecule has 2 saturated heterocycles. The van der Waals surface area contributed by atoms with Gasteiger partial charge in [-0.2, -0.15) is 0 Å². The molecular weight excluding hydrogens is 214 g/mol. The first kappa shape index (κ1) is 11.2. The summed E-state index contributed by atoms with van der Waals surface area (Å²) < 4.78 is 5.41. The lowest BCUT2D eigenvalue weighted by atomic mass is 10.2. The van der Waals surface area contributed by atoms with Gasteiger partial charge in [0.25, 0.3) is 5.91 Å². The van der Waals surface area contributed by atoms with Crippen LogP contribution in [0.1, 0.15) is 32.1 Å². The molecule has 0 N–H and O–H groups in total. The van der Waals surface area contributed by atoms with Crippen LogP contribution in [0.15, 0.2) is 0 Å². The summed E-state index contributed by atoms with van der Waals surface area (Å²) >= 11 is 6.08. The van der Waals surface area contributed by atoms with E-state index in [1.165, 1.54) is 0 Å². The SMILES string of the molecule is O=C(C1CCCO1)N1CCCC(Cl)CC1. The molecule has 2 aliphatic rings. The van der Waals surface area contributed by atoms with E-state index in [4.69, 9.17) is 16.3 Å². The van der Waals surface area contributed by atoms with Gasteiger partial charge >= 0.3 is 0 Å². The Morgan fingerprint density at radius 3 is 2.80 bits per heavy atom. The van der Waals surface area contributed by atoms with Crippen molar-refractivity contribution in [3.63, 3.8) is 0 Å². The molecule has 0 radical (unpaired) electrons. The van der Waals surface area contributed by atoms with E-state index in [1.807, 2.05) is 4.90 Å². The lowest BCUT2D eigenvalue weighted by molar-refractivity contribution is -0.140. The first-order valence-electron chi connectivity index (χ1n) is 5.82. The molecule has 0 saturated carbocycles. The van der Waals surface area contributed by atoms with Crippen LogP contribution in [0.4, 0.5) is 0 Å². The van der Waals surface area contributed by atoms with E-state index >= 15 is 0 Å². The Balaban J connectivity index is 1.88. The number of carbonyl (C=O) groups is 1. The van der Waals surface area contributed by atoms with Gasteiger partial charge in [-0.15, -0.1) is 11.6 Å². The Hall–Kier alpha value is -0.280. The number of ether oxygens (including phenoxy) is 1. The van der Waals surface area contributed by atoms with E-state index in [0.717, 1.165) is 51.8 Å². The molecule has 0 bridgehead atoms. The highest BCUT2D eigenvalue weighted by Gasteiger charge is 2.29. The van der Waals surface area contributed by atoms with Gasteiger partial charge in [0.05, 0.1) is 0 Å². The zero-order valence-corrected chi connectivity index (χ0v) is 9.71. The largest absolute Gasteiger partial charge is 0.368 e. The van der Waals surface area contributed by atoms with Gasteiger partial charge in [-0.05, 0) is 32.1 Å². The zero-order chi connectivity index (χ0) is 10.7. The van der Waals surface area contributed by atoms with Gasteiger partial charge in [0.1, 0.15) is 6.10 Å². The van der Waals surface area contributed by atoms with Crippen molar-refractivity contribution in [1.29, 1.82) is 0 Å². The topological polar surface area (TPSA) is 29.5 Å². The molecule has 3 nitrogen and oxygen atoms in total. The minimum absolute atomic E-state index is 0.170. The number of hydrogen-bond acceptors (Lipinski definition) is 2. The molecule has 0 spiro atoms. The lowest BCUT2D eigenvalue weighted by Gasteiger charge is -2.23. The number of hydrogen-bond donors (Lipinski definition) is 0. The van der Waals surface area contributed by atoms with E-state index in [9.17, 15) is 4.79 Å². The lowest BCUT2D eigenvalue weighted by Crippen LogP contribution is -2.39. The maximum atomic E-state index is 12.0. The molecule has 2 unspecified atom stereocenters. The standard InChI is InChI=1S/C11H18ClNO2/c12-9-3-1-6-13(7-5-9)11(14)10-4-2-8-15-10/h9-10H,1-8H2. The van der Waals surface area contributed by atoms with Crippen molar-refractivity contribution in [2.24, 2.45) is 0 Å². The van der Waals surface area contributed by atoms with Gasteiger partial charge in [-0.1, -0.05) is 0 Å². The van der Waals surface area contributed by atoms with Crippen molar-refractivity contribution in [2.75, 3.05) is 19.7 Å². The molecule has 2 atom stereocenters. The highest BCUT2D eigenvalue weighted by molar-refractivity contribution is 6.20. The molecule has 0 aromatic carbocycles. The van der Waals surface area contributed by atoms with Crippen LogP contribution in [0.2, 0.25) is 0 Å². The minimum Gasteiger partial charge on any atom is -0.368 e. The maximum Gasteiger partial charge on any atom is 0.251 e. The van der Waals surface area contributed by atoms with Crippen molar-refractivity contribution < 1.29 is 9.53 Å². The zero-order valence-electron chi connectivity index (χ0n) is 8.95. The van der Waals surface area contributed by atoms with Gasteiger partial charge in [-0.25, -0.2) is 0 Å². The monoisotopic (exact) mass is 231 g/mol. The van der Waals surface area contributed by atoms with Gasteiger partial charge in [0, 0.05) is 25.1 Å². The second-order valence-electron chi connectivity index (χ2n) is 4.36. The minimum atomic E-state index is -0.170. The van der Waals surface area contributed by atoms with Crippen LogP contribution >= 0.6 is 11.6 Å². The highest BCUT2D eigenvalue weighted by atomic mass is 35.5. The summed E-state index contributed by atoms with van der Waals surface area (Å²) in [6.07, 6.45) is 4.70. The maximum absolute atomic E-state index is 12.0. The number of halogens is 1. The summed E-state index contributed by atoms with van der Waals surface area (Å²) in [5.74, 6) is 0.179. The summed E-state index contributed by atoms with van der Waals surface area (Å²) in [5.41, 5.74) is 0. The second kappa shape index (κ2) is 5.17. The number of nitrogens with zero attached hydrogens (tertiary/aromatic N) is 1. The summed E-state index contributed by atoms with van der Waals surface area (Å²) in [5, 5.41) is 0.243. The Labute approximate surface area is 95.7 Å². The van der Waals surface area contributed by atoms with E-state index in [1.54, 1.807) is 0 Å². The van der Waals surface area contributed by atoms with Crippen molar-refractivity contribution in [3.05, 3.63) is 0 Å². The molecule has 1 amide bonds.